The van der Waals surface area contributed by atoms with Crippen LogP contribution in [-0.2, 0) is 26.2 Å². The second-order valence-corrected chi connectivity index (χ2v) is 9.95. The molecule has 39 heavy (non-hydrogen) atoms. The van der Waals surface area contributed by atoms with Gasteiger partial charge < -0.3 is 9.64 Å². The second-order valence-electron chi connectivity index (χ2n) is 9.95. The summed E-state index contributed by atoms with van der Waals surface area (Å²) >= 11 is 0. The monoisotopic (exact) mass is 535 g/mol. The molecule has 7 nitrogen and oxygen atoms in total. The number of ether oxygens (including phenoxy) is 1. The largest absolute Gasteiger partial charge is 0.573 e. The van der Waals surface area contributed by atoms with Crippen LogP contribution in [0.5, 0.6) is 5.75 Å². The number of hydrogen-bond donors (Lipinski definition) is 0. The predicted molar refractivity (Wildman–Crippen MR) is 137 cm³/mol. The Morgan fingerprint density at radius 2 is 1.77 bits per heavy atom. The molecule has 2 aromatic carbocycles. The van der Waals surface area contributed by atoms with Gasteiger partial charge in [0.1, 0.15) is 11.8 Å². The lowest BCUT2D eigenvalue weighted by Crippen LogP contribution is -2.48. The van der Waals surface area contributed by atoms with Crippen LogP contribution >= 0.6 is 0 Å². The molecule has 2 aliphatic heterocycles. The van der Waals surface area contributed by atoms with Crippen LogP contribution in [0.25, 0.3) is 0 Å². The van der Waals surface area contributed by atoms with Crippen LogP contribution in [0.2, 0.25) is 0 Å². The highest BCUT2D eigenvalue weighted by atomic mass is 19.4. The van der Waals surface area contributed by atoms with Gasteiger partial charge in [0.05, 0.1) is 11.3 Å². The molecule has 0 bridgehead atoms. The van der Waals surface area contributed by atoms with E-state index in [-0.39, 0.29) is 11.7 Å². The Hall–Kier alpha value is -3.94. The standard InChI is InChI=1S/C29H28F3N5O2/c1-20-13-23(28(38)37-11-9-35(10-12-37)19-27-22(15-33)3-2-8-34-27)14-24-17-36(18-26(20)24)16-21-4-6-25(7-5-21)39-29(30,31)32/h2-8,13-14H,9-12,16-19H2,1H3. The number of aryl methyl sites for hydroxylation is 1. The van der Waals surface area contributed by atoms with E-state index in [1.54, 1.807) is 30.5 Å². The lowest BCUT2D eigenvalue weighted by Gasteiger charge is -2.34. The molecule has 0 radical (unpaired) electrons. The Balaban J connectivity index is 1.18. The fourth-order valence-corrected chi connectivity index (χ4v) is 5.24. The fraction of sp³-hybridized carbons (Fsp3) is 0.345. The van der Waals surface area contributed by atoms with E-state index in [0.717, 1.165) is 22.4 Å². The number of halogens is 3. The van der Waals surface area contributed by atoms with Gasteiger partial charge >= 0.3 is 6.36 Å². The Labute approximate surface area is 225 Å². The number of carbonyl (C=O) groups excluding carboxylic acids is 1. The summed E-state index contributed by atoms with van der Waals surface area (Å²) in [5.74, 6) is -0.228. The summed E-state index contributed by atoms with van der Waals surface area (Å²) in [6, 6.07) is 15.6. The quantitative estimate of drug-likeness (QED) is 0.458. The second kappa shape index (κ2) is 11.0. The average Bonchev–Trinajstić information content (AvgIpc) is 3.32. The summed E-state index contributed by atoms with van der Waals surface area (Å²) in [6.45, 7) is 7.17. The average molecular weight is 536 g/mol. The number of fused-ring (bicyclic) bond motifs is 1. The number of carbonyl (C=O) groups is 1. The van der Waals surface area contributed by atoms with Crippen LogP contribution in [0.3, 0.4) is 0 Å². The molecule has 0 spiro atoms. The van der Waals surface area contributed by atoms with Gasteiger partial charge in [0, 0.05) is 64.1 Å². The van der Waals surface area contributed by atoms with Crippen LogP contribution in [0.1, 0.15) is 43.9 Å². The lowest BCUT2D eigenvalue weighted by atomic mass is 10.00. The summed E-state index contributed by atoms with van der Waals surface area (Å²) in [7, 11) is 0. The van der Waals surface area contributed by atoms with Gasteiger partial charge in [-0.25, -0.2) is 0 Å². The van der Waals surface area contributed by atoms with Crippen LogP contribution in [0, 0.1) is 18.3 Å². The van der Waals surface area contributed by atoms with Gasteiger partial charge in [-0.3, -0.25) is 19.6 Å². The molecule has 3 heterocycles. The van der Waals surface area contributed by atoms with E-state index in [1.165, 1.54) is 17.7 Å². The molecule has 3 aromatic rings. The molecule has 1 aromatic heterocycles. The number of benzene rings is 2. The van der Waals surface area contributed by atoms with E-state index in [2.05, 4.69) is 25.6 Å². The highest BCUT2D eigenvalue weighted by molar-refractivity contribution is 5.95. The van der Waals surface area contributed by atoms with Crippen molar-refractivity contribution < 1.29 is 22.7 Å². The molecule has 5 rings (SSSR count). The Kier molecular flexibility index (Phi) is 7.55. The first-order valence-corrected chi connectivity index (χ1v) is 12.7. The molecule has 0 aliphatic carbocycles. The smallest absolute Gasteiger partial charge is 0.406 e. The molecular weight excluding hydrogens is 507 g/mol. The van der Waals surface area contributed by atoms with Crippen molar-refractivity contribution in [1.82, 2.24) is 19.7 Å². The van der Waals surface area contributed by atoms with Crippen LogP contribution in [0.4, 0.5) is 13.2 Å². The maximum atomic E-state index is 13.4. The maximum Gasteiger partial charge on any atom is 0.573 e. The molecule has 2 aliphatic rings. The van der Waals surface area contributed by atoms with Crippen molar-refractivity contribution in [2.45, 2.75) is 39.5 Å². The molecule has 0 unspecified atom stereocenters. The summed E-state index contributed by atoms with van der Waals surface area (Å²) in [5.41, 5.74) is 6.24. The Bertz CT molecular complexity index is 1390. The number of hydrogen-bond acceptors (Lipinski definition) is 6. The lowest BCUT2D eigenvalue weighted by molar-refractivity contribution is -0.274. The fourth-order valence-electron chi connectivity index (χ4n) is 5.24. The van der Waals surface area contributed by atoms with Gasteiger partial charge in [-0.1, -0.05) is 12.1 Å². The summed E-state index contributed by atoms with van der Waals surface area (Å²) in [5, 5.41) is 9.31. The van der Waals surface area contributed by atoms with Gasteiger partial charge in [0.25, 0.3) is 5.91 Å². The van der Waals surface area contributed by atoms with Crippen molar-refractivity contribution >= 4 is 5.91 Å². The van der Waals surface area contributed by atoms with Crippen molar-refractivity contribution in [2.24, 2.45) is 0 Å². The van der Waals surface area contributed by atoms with E-state index < -0.39 is 6.36 Å². The molecule has 1 saturated heterocycles. The number of nitrogens with zero attached hydrogens (tertiary/aromatic N) is 5. The van der Waals surface area contributed by atoms with Gasteiger partial charge in [-0.2, -0.15) is 5.26 Å². The Morgan fingerprint density at radius 1 is 1.03 bits per heavy atom. The number of piperazine rings is 1. The van der Waals surface area contributed by atoms with Gasteiger partial charge in [0.2, 0.25) is 0 Å². The first-order chi connectivity index (χ1) is 18.7. The zero-order valence-electron chi connectivity index (χ0n) is 21.5. The van der Waals surface area contributed by atoms with Gasteiger partial charge in [0.15, 0.2) is 0 Å². The van der Waals surface area contributed by atoms with Gasteiger partial charge in [-0.05, 0) is 65.6 Å². The first kappa shape index (κ1) is 26.7. The summed E-state index contributed by atoms with van der Waals surface area (Å²) in [4.78, 5) is 24.0. The Morgan fingerprint density at radius 3 is 2.46 bits per heavy atom. The number of pyridine rings is 1. The summed E-state index contributed by atoms with van der Waals surface area (Å²) < 4.78 is 41.2. The van der Waals surface area contributed by atoms with Crippen molar-refractivity contribution in [2.75, 3.05) is 26.2 Å². The molecule has 0 saturated carbocycles. The minimum atomic E-state index is -4.71. The number of alkyl halides is 3. The summed E-state index contributed by atoms with van der Waals surface area (Å²) in [6.07, 6.45) is -3.02. The number of nitriles is 1. The van der Waals surface area contributed by atoms with E-state index in [1.807, 2.05) is 24.0 Å². The normalized spacial score (nSPS) is 16.1. The number of amides is 1. The molecule has 202 valence electrons. The van der Waals surface area contributed by atoms with Gasteiger partial charge in [-0.15, -0.1) is 13.2 Å². The van der Waals surface area contributed by atoms with Crippen LogP contribution < -0.4 is 4.74 Å². The molecule has 10 heteroatoms. The van der Waals surface area contributed by atoms with E-state index in [9.17, 15) is 23.2 Å². The van der Waals surface area contributed by atoms with E-state index in [4.69, 9.17) is 0 Å². The number of aromatic nitrogens is 1. The van der Waals surface area contributed by atoms with E-state index >= 15 is 0 Å². The van der Waals surface area contributed by atoms with Crippen LogP contribution in [-0.4, -0.2) is 58.1 Å². The highest BCUT2D eigenvalue weighted by Gasteiger charge is 2.31. The first-order valence-electron chi connectivity index (χ1n) is 12.7. The third-order valence-corrected chi connectivity index (χ3v) is 7.19. The number of rotatable bonds is 6. The SMILES string of the molecule is Cc1cc(C(=O)N2CCN(Cc3ncccc3C#N)CC2)cc2c1CN(Cc1ccc(OC(F)(F)F)cc1)C2. The third-order valence-electron chi connectivity index (χ3n) is 7.19. The topological polar surface area (TPSA) is 72.7 Å². The molecule has 0 N–H and O–H groups in total. The maximum absolute atomic E-state index is 13.4. The molecule has 1 amide bonds. The highest BCUT2D eigenvalue weighted by Crippen LogP contribution is 2.30. The predicted octanol–water partition coefficient (Wildman–Crippen LogP) is 4.63. The molecular formula is C29H28F3N5O2. The zero-order valence-corrected chi connectivity index (χ0v) is 21.5. The van der Waals surface area contributed by atoms with Crippen molar-refractivity contribution in [3.05, 3.63) is 93.8 Å². The molecule has 0 atom stereocenters. The third kappa shape index (κ3) is 6.38. The van der Waals surface area contributed by atoms with Crippen molar-refractivity contribution in [3.63, 3.8) is 0 Å². The van der Waals surface area contributed by atoms with Crippen LogP contribution in [0.15, 0.2) is 54.7 Å². The minimum absolute atomic E-state index is 0.00908. The van der Waals surface area contributed by atoms with Crippen molar-refractivity contribution in [3.8, 4) is 11.8 Å². The van der Waals surface area contributed by atoms with E-state index in [0.29, 0.717) is 63.5 Å². The van der Waals surface area contributed by atoms with Crippen molar-refractivity contribution in [1.29, 1.82) is 5.26 Å². The molecule has 1 fully saturated rings. The zero-order chi connectivity index (χ0) is 27.6. The minimum Gasteiger partial charge on any atom is -0.406 e.